The van der Waals surface area contributed by atoms with Gasteiger partial charge in [-0.05, 0) is 43.9 Å². The molecule has 2 rings (SSSR count). The lowest BCUT2D eigenvalue weighted by Crippen LogP contribution is -2.46. The van der Waals surface area contributed by atoms with Crippen LogP contribution in [0.4, 0.5) is 5.69 Å². The molecule has 1 aliphatic heterocycles. The summed E-state index contributed by atoms with van der Waals surface area (Å²) in [5.41, 5.74) is 1.33. The van der Waals surface area contributed by atoms with Crippen molar-refractivity contribution in [2.75, 3.05) is 24.5 Å². The summed E-state index contributed by atoms with van der Waals surface area (Å²) in [6.45, 7) is 8.58. The second-order valence-electron chi connectivity index (χ2n) is 6.80. The molecule has 0 atom stereocenters. The molecule has 0 bridgehead atoms. The number of benzene rings is 1. The molecule has 1 aliphatic rings. The molecule has 27 heavy (non-hydrogen) atoms. The van der Waals surface area contributed by atoms with E-state index in [0.29, 0.717) is 38.3 Å². The molecule has 6 nitrogen and oxygen atoms in total. The Kier molecular flexibility index (Phi) is 10.1. The summed E-state index contributed by atoms with van der Waals surface area (Å²) < 4.78 is 0. The lowest BCUT2D eigenvalue weighted by molar-refractivity contribution is -0.117. The van der Waals surface area contributed by atoms with Crippen molar-refractivity contribution in [2.45, 2.75) is 58.6 Å². The molecule has 0 unspecified atom stereocenters. The minimum atomic E-state index is -0.708. The van der Waals surface area contributed by atoms with Crippen LogP contribution in [-0.4, -0.2) is 42.2 Å². The number of carbonyl (C=O) groups excluding carboxylic acids is 1. The quantitative estimate of drug-likeness (QED) is 0.299. The Morgan fingerprint density at radius 2 is 1.85 bits per heavy atom. The number of aliphatic imine (C=N–C) groups is 1. The number of carbonyl (C=O) groups is 1. The van der Waals surface area contributed by atoms with Crippen LogP contribution in [0.5, 0.6) is 0 Å². The first-order valence-corrected chi connectivity index (χ1v) is 9.65. The number of hydrogen-bond donors (Lipinski definition) is 3. The summed E-state index contributed by atoms with van der Waals surface area (Å²) in [7, 11) is 0. The van der Waals surface area contributed by atoms with Gasteiger partial charge in [0.05, 0.1) is 12.1 Å². The number of hydrogen-bond acceptors (Lipinski definition) is 3. The molecule has 3 N–H and O–H groups in total. The fourth-order valence-corrected chi connectivity index (χ4v) is 2.96. The van der Waals surface area contributed by atoms with Crippen molar-refractivity contribution < 1.29 is 9.90 Å². The Morgan fingerprint density at radius 1 is 1.19 bits per heavy atom. The van der Waals surface area contributed by atoms with Crippen LogP contribution in [0.2, 0.25) is 0 Å². The van der Waals surface area contributed by atoms with Crippen LogP contribution >= 0.6 is 24.0 Å². The third kappa shape index (κ3) is 6.95. The maximum Gasteiger partial charge on any atom is 0.227 e. The summed E-state index contributed by atoms with van der Waals surface area (Å²) in [6, 6.07) is 8.01. The first-order chi connectivity index (χ1) is 12.5. The third-order valence-electron chi connectivity index (χ3n) is 4.99. The molecule has 1 heterocycles. The Labute approximate surface area is 179 Å². The summed E-state index contributed by atoms with van der Waals surface area (Å²) >= 11 is 0. The molecule has 0 aromatic heterocycles. The molecule has 0 radical (unpaired) electrons. The topological polar surface area (TPSA) is 77.0 Å². The van der Waals surface area contributed by atoms with Crippen molar-refractivity contribution in [3.63, 3.8) is 0 Å². The van der Waals surface area contributed by atoms with Gasteiger partial charge in [-0.1, -0.05) is 26.0 Å². The molecule has 1 amide bonds. The number of anilines is 1. The minimum Gasteiger partial charge on any atom is -0.388 e. The molecule has 1 fully saturated rings. The number of nitrogens with one attached hydrogen (secondary N) is 2. The summed E-state index contributed by atoms with van der Waals surface area (Å²) in [6.07, 6.45) is 2.98. The van der Waals surface area contributed by atoms with Gasteiger partial charge in [-0.2, -0.15) is 0 Å². The van der Waals surface area contributed by atoms with Crippen LogP contribution in [0.15, 0.2) is 29.3 Å². The average molecular weight is 488 g/mol. The highest BCUT2D eigenvalue weighted by Crippen LogP contribution is 2.21. The number of amides is 1. The van der Waals surface area contributed by atoms with Crippen molar-refractivity contribution in [3.8, 4) is 0 Å². The zero-order valence-electron chi connectivity index (χ0n) is 16.6. The van der Waals surface area contributed by atoms with Crippen LogP contribution in [0.25, 0.3) is 0 Å². The van der Waals surface area contributed by atoms with Gasteiger partial charge < -0.3 is 20.6 Å². The van der Waals surface area contributed by atoms with E-state index >= 15 is 0 Å². The van der Waals surface area contributed by atoms with Gasteiger partial charge in [-0.25, -0.2) is 4.99 Å². The molecule has 7 heteroatoms. The van der Waals surface area contributed by atoms with E-state index in [-0.39, 0.29) is 29.9 Å². The highest BCUT2D eigenvalue weighted by atomic mass is 127. The first kappa shape index (κ1) is 23.7. The number of aliphatic hydroxyl groups is 1. The fourth-order valence-electron chi connectivity index (χ4n) is 2.96. The van der Waals surface area contributed by atoms with E-state index in [1.54, 1.807) is 0 Å². The zero-order chi connectivity index (χ0) is 19.0. The molecule has 152 valence electrons. The van der Waals surface area contributed by atoms with E-state index in [4.69, 9.17) is 0 Å². The lowest BCUT2D eigenvalue weighted by Gasteiger charge is -2.26. The maximum absolute atomic E-state index is 11.8. The second-order valence-corrected chi connectivity index (χ2v) is 6.80. The first-order valence-electron chi connectivity index (χ1n) is 9.65. The van der Waals surface area contributed by atoms with Gasteiger partial charge in [-0.3, -0.25) is 4.79 Å². The smallest absolute Gasteiger partial charge is 0.227 e. The van der Waals surface area contributed by atoms with Gasteiger partial charge in [0.1, 0.15) is 0 Å². The van der Waals surface area contributed by atoms with Crippen LogP contribution in [-0.2, 0) is 11.3 Å². The van der Waals surface area contributed by atoms with Gasteiger partial charge in [0.15, 0.2) is 5.96 Å². The van der Waals surface area contributed by atoms with Crippen LogP contribution < -0.4 is 15.5 Å². The highest BCUT2D eigenvalue weighted by molar-refractivity contribution is 14.0. The zero-order valence-corrected chi connectivity index (χ0v) is 19.0. The lowest BCUT2D eigenvalue weighted by atomic mass is 9.98. The average Bonchev–Trinajstić information content (AvgIpc) is 3.10. The van der Waals surface area contributed by atoms with Crippen molar-refractivity contribution in [2.24, 2.45) is 4.99 Å². The van der Waals surface area contributed by atoms with E-state index in [9.17, 15) is 9.90 Å². The number of rotatable bonds is 8. The monoisotopic (exact) mass is 488 g/mol. The predicted octanol–water partition coefficient (Wildman–Crippen LogP) is 3.04. The largest absolute Gasteiger partial charge is 0.388 e. The summed E-state index contributed by atoms with van der Waals surface area (Å²) in [5.74, 6) is 0.903. The van der Waals surface area contributed by atoms with Crippen molar-refractivity contribution in [3.05, 3.63) is 29.8 Å². The molecule has 0 spiro atoms. The van der Waals surface area contributed by atoms with E-state index in [1.807, 2.05) is 49.9 Å². The van der Waals surface area contributed by atoms with E-state index in [1.165, 1.54) is 0 Å². The number of nitrogens with zero attached hydrogens (tertiary/aromatic N) is 2. The second kappa shape index (κ2) is 11.5. The van der Waals surface area contributed by atoms with Gasteiger partial charge in [-0.15, -0.1) is 24.0 Å². The van der Waals surface area contributed by atoms with Crippen LogP contribution in [0, 0.1) is 0 Å². The summed E-state index contributed by atoms with van der Waals surface area (Å²) in [5, 5.41) is 16.9. The van der Waals surface area contributed by atoms with E-state index in [0.717, 1.165) is 30.8 Å². The predicted molar refractivity (Wildman–Crippen MR) is 122 cm³/mol. The van der Waals surface area contributed by atoms with E-state index in [2.05, 4.69) is 15.6 Å². The molecule has 1 aromatic carbocycles. The fraction of sp³-hybridized carbons (Fsp3) is 0.600. The minimum absolute atomic E-state index is 0. The standard InChI is InChI=1S/C20H32N4O2.HI/c1-4-20(26,5-2)15-23-19(21-6-3)22-14-16-9-11-17(12-10-16)24-13-7-8-18(24)25;/h9-12,26H,4-8,13-15H2,1-3H3,(H2,21,22,23);1H. The third-order valence-corrected chi connectivity index (χ3v) is 4.99. The maximum atomic E-state index is 11.8. The Morgan fingerprint density at radius 3 is 2.37 bits per heavy atom. The molecule has 0 aliphatic carbocycles. The van der Waals surface area contributed by atoms with Crippen molar-refractivity contribution in [1.29, 1.82) is 0 Å². The normalized spacial score (nSPS) is 14.9. The molecule has 1 saturated heterocycles. The van der Waals surface area contributed by atoms with Gasteiger partial charge in [0, 0.05) is 31.7 Å². The highest BCUT2D eigenvalue weighted by Gasteiger charge is 2.22. The van der Waals surface area contributed by atoms with Crippen LogP contribution in [0.3, 0.4) is 0 Å². The molecular weight excluding hydrogens is 455 g/mol. The van der Waals surface area contributed by atoms with Gasteiger partial charge in [0.25, 0.3) is 0 Å². The van der Waals surface area contributed by atoms with Crippen LogP contribution in [0.1, 0.15) is 52.0 Å². The summed E-state index contributed by atoms with van der Waals surface area (Å²) in [4.78, 5) is 18.3. The van der Waals surface area contributed by atoms with Gasteiger partial charge >= 0.3 is 0 Å². The molecule has 1 aromatic rings. The Hall–Kier alpha value is -1.35. The number of guanidine groups is 1. The molecule has 0 saturated carbocycles. The van der Waals surface area contributed by atoms with Crippen molar-refractivity contribution in [1.82, 2.24) is 10.6 Å². The Balaban J connectivity index is 0.00000364. The van der Waals surface area contributed by atoms with E-state index < -0.39 is 5.60 Å². The number of halogens is 1. The molecular formula is C20H33IN4O2. The van der Waals surface area contributed by atoms with Gasteiger partial charge in [0.2, 0.25) is 5.91 Å². The van der Waals surface area contributed by atoms with Crippen molar-refractivity contribution >= 4 is 41.5 Å². The Bertz CT molecular complexity index is 615. The SMILES string of the molecule is CCNC(=NCc1ccc(N2CCCC2=O)cc1)NCC(O)(CC)CC.I.